The number of rotatable bonds is 23. The second-order valence-electron chi connectivity index (χ2n) is 15.4. The van der Waals surface area contributed by atoms with Gasteiger partial charge in [-0.05, 0) is 131 Å². The summed E-state index contributed by atoms with van der Waals surface area (Å²) in [5, 5.41) is 26.7. The number of nitrogens with one attached hydrogen (secondary N) is 4. The van der Waals surface area contributed by atoms with Gasteiger partial charge in [0.05, 0.1) is 62.5 Å². The number of hydrogen-bond donors (Lipinski definition) is 4. The van der Waals surface area contributed by atoms with Gasteiger partial charge in [-0.1, -0.05) is 47.5 Å². The van der Waals surface area contributed by atoms with Crippen LogP contribution in [0.5, 0.6) is 11.5 Å². The van der Waals surface area contributed by atoms with E-state index >= 15 is 0 Å². The van der Waals surface area contributed by atoms with Crippen molar-refractivity contribution in [2.75, 3.05) is 46.2 Å². The number of ether oxygens (including phenoxy) is 2. The number of carbonyl (C=O) groups excluding carboxylic acids is 6. The Morgan fingerprint density at radius 1 is 0.592 bits per heavy atom. The Bertz CT molecular complexity index is 2810. The van der Waals surface area contributed by atoms with Gasteiger partial charge in [-0.25, -0.2) is 0 Å². The van der Waals surface area contributed by atoms with Crippen molar-refractivity contribution in [1.82, 2.24) is 0 Å². The van der Waals surface area contributed by atoms with Gasteiger partial charge in [-0.2, -0.15) is 20.5 Å². The van der Waals surface area contributed by atoms with Crippen molar-refractivity contribution >= 4 is 127 Å². The van der Waals surface area contributed by atoms with E-state index < -0.39 is 52.7 Å². The molecule has 0 aliphatic rings. The molecule has 4 amide bonds. The number of ketones is 2. The lowest BCUT2D eigenvalue weighted by atomic mass is 10.1. The van der Waals surface area contributed by atoms with Crippen LogP contribution in [0.3, 0.4) is 0 Å². The molecule has 71 heavy (non-hydrogen) atoms. The first-order valence-electron chi connectivity index (χ1n) is 22.0. The molecule has 0 aliphatic heterocycles. The first-order chi connectivity index (χ1) is 34.0. The molecule has 372 valence electrons. The summed E-state index contributed by atoms with van der Waals surface area (Å²) in [6.45, 7) is 8.29. The minimum Gasteiger partial charge on any atom is -0.492 e. The highest BCUT2D eigenvalue weighted by Gasteiger charge is 2.27. The third kappa shape index (κ3) is 15.0. The highest BCUT2D eigenvalue weighted by atomic mass is 35.5. The number of azo groups is 2. The molecule has 0 heterocycles. The van der Waals surface area contributed by atoms with Crippen molar-refractivity contribution < 1.29 is 38.2 Å². The lowest BCUT2D eigenvalue weighted by Crippen LogP contribution is -2.32. The van der Waals surface area contributed by atoms with E-state index in [-0.39, 0.29) is 43.9 Å². The van der Waals surface area contributed by atoms with Crippen LogP contribution in [0.15, 0.2) is 111 Å². The Morgan fingerprint density at radius 2 is 1.04 bits per heavy atom. The monoisotopic (exact) mass is 1060 g/mol. The van der Waals surface area contributed by atoms with Gasteiger partial charge in [-0.15, -0.1) is 34.8 Å². The number of benzene rings is 5. The summed E-state index contributed by atoms with van der Waals surface area (Å²) in [6.07, 6.45) is 0.917. The molecule has 0 saturated heterocycles. The van der Waals surface area contributed by atoms with Gasteiger partial charge in [0.1, 0.15) is 11.5 Å². The van der Waals surface area contributed by atoms with Crippen LogP contribution in [-0.4, -0.2) is 72.3 Å². The van der Waals surface area contributed by atoms with Crippen molar-refractivity contribution in [3.8, 4) is 11.5 Å². The number of amides is 4. The van der Waals surface area contributed by atoms with Gasteiger partial charge in [0.25, 0.3) is 23.6 Å². The Labute approximate surface area is 435 Å². The second-order valence-corrected chi connectivity index (χ2v) is 17.6. The standard InChI is InChI=1S/C50H49Cl5N8O8/c1-6-70-41-12-8-10-30(20-22-51)45(41)58-47(66)36-25-33(14-17-38(36)54)60-62-43(28(4)64)49(68)56-32-16-19-40(35(24-32)27(3)53)57-50(69)44(29(5)65)63-61-34-15-18-39(55)37(26-34)48(67)59-46-31(21-23-52)11-9-13-42(46)71-7-2/h8-19,24-27,43-44H,6-7,20-23H2,1-5H3,(H,56,68)(H,57,69)(H,58,66)(H,59,67). The minimum absolute atomic E-state index is 0.0382. The number of nitrogens with zero attached hydrogens (tertiary/aromatic N) is 4. The molecular formula is C50H49Cl5N8O8. The van der Waals surface area contributed by atoms with Gasteiger partial charge in [0.15, 0.2) is 11.6 Å². The third-order valence-electron chi connectivity index (χ3n) is 10.3. The first-order valence-corrected chi connectivity index (χ1v) is 24.3. The Morgan fingerprint density at radius 3 is 1.45 bits per heavy atom. The number of anilines is 4. The molecule has 0 bridgehead atoms. The average Bonchev–Trinajstić information content (AvgIpc) is 3.32. The zero-order valence-electron chi connectivity index (χ0n) is 39.1. The molecule has 0 fully saturated rings. The highest BCUT2D eigenvalue weighted by Crippen LogP contribution is 2.35. The summed E-state index contributed by atoms with van der Waals surface area (Å²) in [6, 6.07) is 20.3. The van der Waals surface area contributed by atoms with Gasteiger partial charge >= 0.3 is 0 Å². The highest BCUT2D eigenvalue weighted by molar-refractivity contribution is 6.35. The maximum Gasteiger partial charge on any atom is 0.258 e. The summed E-state index contributed by atoms with van der Waals surface area (Å²) in [5.41, 5.74) is 3.40. The third-order valence-corrected chi connectivity index (χ3v) is 11.5. The van der Waals surface area contributed by atoms with E-state index in [1.165, 1.54) is 54.6 Å². The fourth-order valence-electron chi connectivity index (χ4n) is 6.85. The van der Waals surface area contributed by atoms with Crippen molar-refractivity contribution in [2.45, 2.75) is 64.9 Å². The summed E-state index contributed by atoms with van der Waals surface area (Å²) in [7, 11) is 0. The summed E-state index contributed by atoms with van der Waals surface area (Å²) in [4.78, 5) is 79.7. The smallest absolute Gasteiger partial charge is 0.258 e. The second kappa shape index (κ2) is 26.7. The Balaban J connectivity index is 1.29. The number of carbonyl (C=O) groups is 6. The molecule has 5 aromatic carbocycles. The van der Waals surface area contributed by atoms with Crippen molar-refractivity contribution in [3.63, 3.8) is 0 Å². The maximum absolute atomic E-state index is 13.6. The van der Waals surface area contributed by atoms with E-state index in [4.69, 9.17) is 67.5 Å². The largest absolute Gasteiger partial charge is 0.492 e. The van der Waals surface area contributed by atoms with Gasteiger partial charge in [-0.3, -0.25) is 28.8 Å². The summed E-state index contributed by atoms with van der Waals surface area (Å²) >= 11 is 31.4. The van der Waals surface area contributed by atoms with Crippen LogP contribution in [0.25, 0.3) is 0 Å². The average molecular weight is 1070 g/mol. The Hall–Kier alpha value is -6.43. The molecule has 0 saturated carbocycles. The molecule has 3 atom stereocenters. The molecule has 4 N–H and O–H groups in total. The van der Waals surface area contributed by atoms with E-state index in [0.717, 1.165) is 25.0 Å². The predicted molar refractivity (Wildman–Crippen MR) is 279 cm³/mol. The molecule has 16 nitrogen and oxygen atoms in total. The molecule has 21 heteroatoms. The molecule has 5 rings (SSSR count). The zero-order chi connectivity index (χ0) is 51.8. The van der Waals surface area contributed by atoms with E-state index in [1.807, 2.05) is 26.0 Å². The molecule has 3 unspecified atom stereocenters. The topological polar surface area (TPSA) is 218 Å². The van der Waals surface area contributed by atoms with E-state index in [1.54, 1.807) is 31.2 Å². The van der Waals surface area contributed by atoms with Crippen LogP contribution < -0.4 is 30.7 Å². The van der Waals surface area contributed by atoms with E-state index in [0.29, 0.717) is 66.3 Å². The fraction of sp³-hybridized carbons (Fsp3) is 0.280. The van der Waals surface area contributed by atoms with Crippen LogP contribution in [0.2, 0.25) is 10.0 Å². The van der Waals surface area contributed by atoms with Crippen LogP contribution in [-0.2, 0) is 32.0 Å². The van der Waals surface area contributed by atoms with Gasteiger partial charge < -0.3 is 30.7 Å². The number of para-hydroxylation sites is 2. The maximum atomic E-state index is 13.6. The lowest BCUT2D eigenvalue weighted by molar-refractivity contribution is -0.127. The molecule has 0 radical (unpaired) electrons. The summed E-state index contributed by atoms with van der Waals surface area (Å²) < 4.78 is 11.5. The number of halogens is 5. The number of alkyl halides is 3. The van der Waals surface area contributed by atoms with Crippen molar-refractivity contribution in [3.05, 3.63) is 129 Å². The van der Waals surface area contributed by atoms with Crippen LogP contribution in [0.4, 0.5) is 34.1 Å². The van der Waals surface area contributed by atoms with Crippen LogP contribution in [0, 0.1) is 0 Å². The first kappa shape index (κ1) is 55.5. The number of aryl methyl sites for hydroxylation is 2. The van der Waals surface area contributed by atoms with E-state index in [9.17, 15) is 28.8 Å². The van der Waals surface area contributed by atoms with Crippen LogP contribution in [0.1, 0.15) is 77.4 Å². The molecule has 0 aromatic heterocycles. The van der Waals surface area contributed by atoms with Crippen molar-refractivity contribution in [1.29, 1.82) is 0 Å². The molecule has 0 aliphatic carbocycles. The van der Waals surface area contributed by atoms with E-state index in [2.05, 4.69) is 41.7 Å². The molecular weight excluding hydrogens is 1020 g/mol. The van der Waals surface area contributed by atoms with Crippen molar-refractivity contribution in [2.24, 2.45) is 20.5 Å². The Kier molecular flexibility index (Phi) is 20.9. The SMILES string of the molecule is CCOc1cccc(CCCl)c1NC(=O)c1cc(N=NC(C(C)=O)C(=O)Nc2ccc(NC(=O)C(N=Nc3ccc(Cl)c(C(=O)Nc4c(CCCl)cccc4OCC)c3)C(C)=O)c(C(C)Cl)c2)ccc1Cl. The fourth-order valence-corrected chi connectivity index (χ4v) is 7.84. The molecule has 0 spiro atoms. The van der Waals surface area contributed by atoms with Gasteiger partial charge in [0.2, 0.25) is 12.1 Å². The predicted octanol–water partition coefficient (Wildman–Crippen LogP) is 12.5. The minimum atomic E-state index is -1.63. The molecule has 5 aromatic rings. The quantitative estimate of drug-likeness (QED) is 0.0279. The summed E-state index contributed by atoms with van der Waals surface area (Å²) in [5.74, 6) is -2.63. The number of Topliss-reactive ketones (excluding diaryl/α,β-unsaturated/α-hetero) is 2. The van der Waals surface area contributed by atoms with Crippen LogP contribution >= 0.6 is 58.0 Å². The number of hydrogen-bond acceptors (Lipinski definition) is 12. The normalized spacial score (nSPS) is 12.5. The zero-order valence-corrected chi connectivity index (χ0v) is 42.9. The van der Waals surface area contributed by atoms with Gasteiger partial charge in [0, 0.05) is 23.1 Å². The lowest BCUT2D eigenvalue weighted by Gasteiger charge is -2.17.